The molecule has 1 saturated heterocycles. The first kappa shape index (κ1) is 28.1. The first-order valence-electron chi connectivity index (χ1n) is 14.5. The summed E-state index contributed by atoms with van der Waals surface area (Å²) in [5.41, 5.74) is -2.32. The van der Waals surface area contributed by atoms with Crippen LogP contribution in [0, 0.1) is 40.4 Å². The molecule has 0 radical (unpaired) electrons. The van der Waals surface area contributed by atoms with E-state index in [0.717, 1.165) is 32.1 Å². The predicted molar refractivity (Wildman–Crippen MR) is 138 cm³/mol. The lowest BCUT2D eigenvalue weighted by molar-refractivity contribution is -0.175. The number of rotatable bonds is 5. The molecule has 38 heavy (non-hydrogen) atoms. The summed E-state index contributed by atoms with van der Waals surface area (Å²) in [6, 6.07) is 0. The molecule has 3 saturated carbocycles. The molecule has 4 fully saturated rings. The van der Waals surface area contributed by atoms with Gasteiger partial charge >= 0.3 is 11.9 Å². The predicted octanol–water partition coefficient (Wildman–Crippen LogP) is 2.89. The normalized spacial score (nSPS) is 48.6. The van der Waals surface area contributed by atoms with Crippen molar-refractivity contribution in [1.82, 2.24) is 0 Å². The number of esters is 2. The minimum atomic E-state index is -1.66. The zero-order valence-electron chi connectivity index (χ0n) is 23.5. The summed E-state index contributed by atoms with van der Waals surface area (Å²) in [5, 5.41) is 44.2. The third-order valence-electron chi connectivity index (χ3n) is 12.0. The summed E-state index contributed by atoms with van der Waals surface area (Å²) in [5.74, 6) is -0.650. The lowest BCUT2D eigenvalue weighted by Crippen LogP contribution is -2.58. The summed E-state index contributed by atoms with van der Waals surface area (Å²) in [7, 11) is 0. The molecular weight excluding hydrogens is 488 g/mol. The van der Waals surface area contributed by atoms with Crippen molar-refractivity contribution in [1.29, 1.82) is 0 Å². The van der Waals surface area contributed by atoms with Gasteiger partial charge in [0.2, 0.25) is 0 Å². The average Bonchev–Trinajstić information content (AvgIpc) is 3.31. The van der Waals surface area contributed by atoms with Crippen LogP contribution in [0.15, 0.2) is 11.6 Å². The molecule has 0 aromatic heterocycles. The molecule has 1 heterocycles. The van der Waals surface area contributed by atoms with Gasteiger partial charge in [0.05, 0.1) is 24.4 Å². The summed E-state index contributed by atoms with van der Waals surface area (Å²) >= 11 is 0. The van der Waals surface area contributed by atoms with E-state index in [-0.39, 0.29) is 41.8 Å². The molecule has 12 atom stereocenters. The molecule has 0 spiro atoms. The first-order chi connectivity index (χ1) is 17.6. The van der Waals surface area contributed by atoms with Gasteiger partial charge in [0, 0.05) is 24.7 Å². The van der Waals surface area contributed by atoms with Gasteiger partial charge in [-0.2, -0.15) is 0 Å². The number of carbonyl (C=O) groups is 2. The number of hydrogen-bond donors (Lipinski definition) is 4. The van der Waals surface area contributed by atoms with Gasteiger partial charge in [0.1, 0.15) is 6.10 Å². The average molecular weight is 535 g/mol. The van der Waals surface area contributed by atoms with Crippen molar-refractivity contribution in [2.45, 2.75) is 115 Å². The van der Waals surface area contributed by atoms with E-state index in [0.29, 0.717) is 30.6 Å². The molecule has 8 heteroatoms. The Morgan fingerprint density at radius 2 is 1.95 bits per heavy atom. The Hall–Kier alpha value is -1.48. The minimum Gasteiger partial charge on any atom is -0.463 e. The van der Waals surface area contributed by atoms with Gasteiger partial charge in [-0.05, 0) is 87.9 Å². The fraction of sp³-hybridized carbons (Fsp3) is 0.867. The zero-order chi connectivity index (χ0) is 27.8. The van der Waals surface area contributed by atoms with Crippen LogP contribution in [0.5, 0.6) is 0 Å². The van der Waals surface area contributed by atoms with E-state index in [2.05, 4.69) is 19.9 Å². The number of aliphatic hydroxyl groups is 4. The molecule has 8 nitrogen and oxygen atoms in total. The fourth-order valence-corrected chi connectivity index (χ4v) is 9.70. The van der Waals surface area contributed by atoms with Gasteiger partial charge in [-0.15, -0.1) is 0 Å². The van der Waals surface area contributed by atoms with Crippen LogP contribution in [-0.2, 0) is 19.1 Å². The van der Waals surface area contributed by atoms with Crippen molar-refractivity contribution in [3.05, 3.63) is 11.6 Å². The van der Waals surface area contributed by atoms with E-state index in [1.165, 1.54) is 19.4 Å². The van der Waals surface area contributed by atoms with Crippen molar-refractivity contribution in [2.75, 3.05) is 6.61 Å². The Balaban J connectivity index is 1.38. The van der Waals surface area contributed by atoms with E-state index in [4.69, 9.17) is 9.47 Å². The zero-order valence-corrected chi connectivity index (χ0v) is 23.5. The van der Waals surface area contributed by atoms with Crippen LogP contribution in [0.3, 0.4) is 0 Å². The maximum absolute atomic E-state index is 12.0. The molecule has 5 aliphatic rings. The molecule has 5 rings (SSSR count). The Kier molecular flexibility index (Phi) is 6.86. The van der Waals surface area contributed by atoms with Crippen LogP contribution in [-0.4, -0.2) is 68.5 Å². The van der Waals surface area contributed by atoms with Crippen molar-refractivity contribution >= 4 is 11.9 Å². The fourth-order valence-electron chi connectivity index (χ4n) is 9.70. The molecule has 4 N–H and O–H groups in total. The Morgan fingerprint density at radius 3 is 2.58 bits per heavy atom. The second-order valence-electron chi connectivity index (χ2n) is 13.9. The maximum Gasteiger partial charge on any atom is 0.338 e. The second kappa shape index (κ2) is 9.28. The monoisotopic (exact) mass is 534 g/mol. The highest BCUT2D eigenvalue weighted by Gasteiger charge is 2.64. The van der Waals surface area contributed by atoms with Crippen molar-refractivity contribution in [3.8, 4) is 0 Å². The molecule has 214 valence electrons. The SMILES string of the molecule is CC(=O)O[C@H]1C[C@H](O)CC2=CC[C@H]3[C@@H]4CC[C@H]([C@@](C)(O)[C@H](O)C[C@@H]5COC(=O)[C@@]5(C)O)[C@@]4(C)CC[C@@H]3[C@]21C. The quantitative estimate of drug-likeness (QED) is 0.313. The highest BCUT2D eigenvalue weighted by atomic mass is 16.6. The number of ether oxygens (including phenoxy) is 2. The highest BCUT2D eigenvalue weighted by molar-refractivity contribution is 5.81. The van der Waals surface area contributed by atoms with Crippen LogP contribution in [0.2, 0.25) is 0 Å². The van der Waals surface area contributed by atoms with E-state index in [1.807, 2.05) is 0 Å². The molecule has 0 amide bonds. The number of hydrogen-bond acceptors (Lipinski definition) is 8. The summed E-state index contributed by atoms with van der Waals surface area (Å²) < 4.78 is 10.9. The lowest BCUT2D eigenvalue weighted by atomic mass is 9.46. The molecule has 0 aromatic rings. The lowest BCUT2D eigenvalue weighted by Gasteiger charge is -2.60. The van der Waals surface area contributed by atoms with E-state index < -0.39 is 35.3 Å². The molecular formula is C30H46O8. The van der Waals surface area contributed by atoms with Gasteiger partial charge in [0.25, 0.3) is 0 Å². The summed E-state index contributed by atoms with van der Waals surface area (Å²) in [6.07, 6.45) is 5.99. The van der Waals surface area contributed by atoms with Crippen LogP contribution >= 0.6 is 0 Å². The second-order valence-corrected chi connectivity index (χ2v) is 13.9. The van der Waals surface area contributed by atoms with Gasteiger partial charge < -0.3 is 29.9 Å². The minimum absolute atomic E-state index is 0.0404. The molecule has 0 unspecified atom stereocenters. The third kappa shape index (κ3) is 4.08. The van der Waals surface area contributed by atoms with Gasteiger partial charge in [0.15, 0.2) is 5.60 Å². The van der Waals surface area contributed by atoms with Crippen LogP contribution in [0.25, 0.3) is 0 Å². The number of allylic oxidation sites excluding steroid dienone is 1. The highest BCUT2D eigenvalue weighted by Crippen LogP contribution is 2.68. The van der Waals surface area contributed by atoms with Crippen LogP contribution < -0.4 is 0 Å². The van der Waals surface area contributed by atoms with Gasteiger partial charge in [-0.1, -0.05) is 25.5 Å². The largest absolute Gasteiger partial charge is 0.463 e. The van der Waals surface area contributed by atoms with Gasteiger partial charge in [-0.3, -0.25) is 4.79 Å². The van der Waals surface area contributed by atoms with Crippen molar-refractivity contribution < 1.29 is 39.5 Å². The number of fused-ring (bicyclic) bond motifs is 5. The molecule has 4 aliphatic carbocycles. The number of carbonyl (C=O) groups excluding carboxylic acids is 2. The number of aliphatic hydroxyl groups excluding tert-OH is 2. The van der Waals surface area contributed by atoms with E-state index >= 15 is 0 Å². The molecule has 0 aromatic carbocycles. The van der Waals surface area contributed by atoms with E-state index in [1.54, 1.807) is 6.92 Å². The first-order valence-corrected chi connectivity index (χ1v) is 14.5. The van der Waals surface area contributed by atoms with Crippen LogP contribution in [0.1, 0.15) is 86.0 Å². The standard InChI is InChI=1S/C30H46O8/c1-16(31)38-25-14-19(32)12-17-6-7-20-21-8-9-23(27(21,2)11-10-22(20)28(17,25)3)30(5,36)24(33)13-18-15-37-26(34)29(18,4)35/h6,18-25,32-33,35-36H,7-15H2,1-5H3/t18-,19-,20+,21+,22+,23+,24-,25+,27+,28+,29+,30-/m1/s1. The van der Waals surface area contributed by atoms with Crippen molar-refractivity contribution in [2.24, 2.45) is 40.4 Å². The Labute approximate surface area is 225 Å². The Morgan fingerprint density at radius 1 is 1.24 bits per heavy atom. The van der Waals surface area contributed by atoms with Crippen LogP contribution in [0.4, 0.5) is 0 Å². The van der Waals surface area contributed by atoms with Gasteiger partial charge in [-0.25, -0.2) is 4.79 Å². The molecule has 1 aliphatic heterocycles. The molecule has 0 bridgehead atoms. The smallest absolute Gasteiger partial charge is 0.338 e. The number of cyclic esters (lactones) is 1. The summed E-state index contributed by atoms with van der Waals surface area (Å²) in [4.78, 5) is 23.9. The maximum atomic E-state index is 12.0. The third-order valence-corrected chi connectivity index (χ3v) is 12.0. The Bertz CT molecular complexity index is 1000. The van der Waals surface area contributed by atoms with Crippen molar-refractivity contribution in [3.63, 3.8) is 0 Å². The summed E-state index contributed by atoms with van der Waals surface area (Å²) in [6.45, 7) is 9.10. The topological polar surface area (TPSA) is 134 Å². The van der Waals surface area contributed by atoms with E-state index in [9.17, 15) is 30.0 Å².